The molecule has 15 heavy (non-hydrogen) atoms. The van der Waals surface area contributed by atoms with E-state index in [0.717, 1.165) is 26.4 Å². The van der Waals surface area contributed by atoms with E-state index in [-0.39, 0.29) is 0 Å². The normalized spacial score (nSPS) is 24.4. The van der Waals surface area contributed by atoms with Gasteiger partial charge in [-0.25, -0.2) is 0 Å². The number of likely N-dealkylation sites (tertiary alicyclic amines) is 1. The fourth-order valence-electron chi connectivity index (χ4n) is 1.78. The number of piperidine rings is 1. The Morgan fingerprint density at radius 2 is 2.13 bits per heavy atom. The first-order chi connectivity index (χ1) is 6.97. The molecule has 0 bridgehead atoms. The molecule has 1 heterocycles. The van der Waals surface area contributed by atoms with Crippen molar-refractivity contribution in [3.8, 4) is 0 Å². The number of nitrogens with two attached hydrogens (primary N) is 1. The Labute approximate surface area is 95.0 Å². The van der Waals surface area contributed by atoms with Crippen molar-refractivity contribution >= 4 is 8.07 Å². The molecule has 1 aliphatic rings. The summed E-state index contributed by atoms with van der Waals surface area (Å²) in [4.78, 5) is 2.33. The monoisotopic (exact) mass is 230 g/mol. The van der Waals surface area contributed by atoms with Gasteiger partial charge in [0.2, 0.25) is 0 Å². The first kappa shape index (κ1) is 13.2. The molecule has 1 saturated heterocycles. The van der Waals surface area contributed by atoms with E-state index in [4.69, 9.17) is 10.5 Å². The van der Waals surface area contributed by atoms with E-state index < -0.39 is 8.07 Å². The molecule has 0 radical (unpaired) electrons. The van der Waals surface area contributed by atoms with Crippen LogP contribution in [0.25, 0.3) is 0 Å². The molecule has 2 N–H and O–H groups in total. The highest BCUT2D eigenvalue weighted by Gasteiger charge is 2.17. The van der Waals surface area contributed by atoms with Crippen molar-refractivity contribution in [1.82, 2.24) is 4.90 Å². The van der Waals surface area contributed by atoms with Crippen LogP contribution in [0.3, 0.4) is 0 Å². The van der Waals surface area contributed by atoms with Crippen LogP contribution in [0, 0.1) is 0 Å². The molecule has 1 atom stereocenters. The summed E-state index contributed by atoms with van der Waals surface area (Å²) in [6.07, 6.45) is 2.39. The molecule has 3 nitrogen and oxygen atoms in total. The summed E-state index contributed by atoms with van der Waals surface area (Å²) in [7, 11) is -0.926. The number of nitrogens with zero attached hydrogens (tertiary/aromatic N) is 1. The lowest BCUT2D eigenvalue weighted by atomic mass is 10.1. The lowest BCUT2D eigenvalue weighted by Gasteiger charge is -2.30. The molecule has 4 heteroatoms. The predicted molar refractivity (Wildman–Crippen MR) is 67.8 cm³/mol. The number of rotatable bonds is 5. The molecule has 0 saturated carbocycles. The first-order valence-electron chi connectivity index (χ1n) is 6.03. The van der Waals surface area contributed by atoms with Gasteiger partial charge in [0.25, 0.3) is 0 Å². The summed E-state index contributed by atoms with van der Waals surface area (Å²) < 4.78 is 5.70. The van der Waals surface area contributed by atoms with Crippen molar-refractivity contribution in [1.29, 1.82) is 0 Å². The maximum atomic E-state index is 5.91. The molecule has 0 aliphatic carbocycles. The second-order valence-corrected chi connectivity index (χ2v) is 11.4. The Balaban J connectivity index is 2.04. The maximum Gasteiger partial charge on any atom is 0.0990 e. The topological polar surface area (TPSA) is 38.5 Å². The predicted octanol–water partition coefficient (Wildman–Crippen LogP) is 1.72. The average molecular weight is 230 g/mol. The Morgan fingerprint density at radius 1 is 1.40 bits per heavy atom. The van der Waals surface area contributed by atoms with Crippen LogP contribution in [0.4, 0.5) is 0 Å². The van der Waals surface area contributed by atoms with Gasteiger partial charge in [0, 0.05) is 33.8 Å². The molecule has 0 unspecified atom stereocenters. The third kappa shape index (κ3) is 6.30. The molecule has 90 valence electrons. The summed E-state index contributed by atoms with van der Waals surface area (Å²) >= 11 is 0. The van der Waals surface area contributed by atoms with Gasteiger partial charge in [0.1, 0.15) is 0 Å². The Morgan fingerprint density at radius 3 is 2.73 bits per heavy atom. The SMILES string of the molecule is C[Si](C)(C)CCOCN1CCC[C@H](N)C1. The third-order valence-electron chi connectivity index (χ3n) is 2.81. The Bertz CT molecular complexity index is 182. The van der Waals surface area contributed by atoms with E-state index in [9.17, 15) is 0 Å². The van der Waals surface area contributed by atoms with Crippen LogP contribution in [-0.2, 0) is 4.74 Å². The molecule has 0 spiro atoms. The number of hydrogen-bond donors (Lipinski definition) is 1. The molecule has 1 aliphatic heterocycles. The van der Waals surface area contributed by atoms with Gasteiger partial charge in [-0.1, -0.05) is 19.6 Å². The van der Waals surface area contributed by atoms with Gasteiger partial charge in [0.15, 0.2) is 0 Å². The summed E-state index contributed by atoms with van der Waals surface area (Å²) in [6, 6.07) is 1.62. The smallest absolute Gasteiger partial charge is 0.0990 e. The summed E-state index contributed by atoms with van der Waals surface area (Å²) in [5.74, 6) is 0. The van der Waals surface area contributed by atoms with Crippen molar-refractivity contribution < 1.29 is 4.74 Å². The van der Waals surface area contributed by atoms with E-state index in [1.165, 1.54) is 18.9 Å². The minimum atomic E-state index is -0.926. The van der Waals surface area contributed by atoms with Gasteiger partial charge >= 0.3 is 0 Å². The minimum Gasteiger partial charge on any atom is -0.366 e. The van der Waals surface area contributed by atoms with E-state index >= 15 is 0 Å². The van der Waals surface area contributed by atoms with Crippen LogP contribution in [0.2, 0.25) is 25.7 Å². The second kappa shape index (κ2) is 5.99. The highest BCUT2D eigenvalue weighted by molar-refractivity contribution is 6.76. The highest BCUT2D eigenvalue weighted by atomic mass is 28.3. The summed E-state index contributed by atoms with van der Waals surface area (Å²) in [6.45, 7) is 11.0. The van der Waals surface area contributed by atoms with Crippen LogP contribution in [-0.4, -0.2) is 45.4 Å². The van der Waals surface area contributed by atoms with Gasteiger partial charge in [-0.15, -0.1) is 0 Å². The largest absolute Gasteiger partial charge is 0.366 e. The van der Waals surface area contributed by atoms with Gasteiger partial charge in [0.05, 0.1) is 6.73 Å². The molecule has 1 fully saturated rings. The lowest BCUT2D eigenvalue weighted by Crippen LogP contribution is -2.43. The molecule has 0 aromatic heterocycles. The number of hydrogen-bond acceptors (Lipinski definition) is 3. The van der Waals surface area contributed by atoms with Crippen LogP contribution in [0.1, 0.15) is 12.8 Å². The van der Waals surface area contributed by atoms with E-state index in [1.54, 1.807) is 0 Å². The zero-order valence-corrected chi connectivity index (χ0v) is 11.5. The summed E-state index contributed by atoms with van der Waals surface area (Å²) in [5, 5.41) is 0. The van der Waals surface area contributed by atoms with Crippen LogP contribution < -0.4 is 5.73 Å². The molecular formula is C11H26N2OSi. The van der Waals surface area contributed by atoms with Crippen LogP contribution >= 0.6 is 0 Å². The molecular weight excluding hydrogens is 204 g/mol. The number of ether oxygens (including phenoxy) is 1. The van der Waals surface area contributed by atoms with Gasteiger partial charge < -0.3 is 10.5 Å². The van der Waals surface area contributed by atoms with Crippen molar-refractivity contribution in [2.45, 2.75) is 44.6 Å². The molecule has 0 amide bonds. The van der Waals surface area contributed by atoms with Crippen LogP contribution in [0.15, 0.2) is 0 Å². The van der Waals surface area contributed by atoms with Crippen molar-refractivity contribution in [2.24, 2.45) is 5.73 Å². The highest BCUT2D eigenvalue weighted by Crippen LogP contribution is 2.10. The zero-order valence-electron chi connectivity index (χ0n) is 10.5. The van der Waals surface area contributed by atoms with Crippen molar-refractivity contribution in [3.63, 3.8) is 0 Å². The summed E-state index contributed by atoms with van der Waals surface area (Å²) in [5.41, 5.74) is 5.91. The maximum absolute atomic E-state index is 5.91. The van der Waals surface area contributed by atoms with Gasteiger partial charge in [-0.05, 0) is 18.9 Å². The quantitative estimate of drug-likeness (QED) is 0.577. The fourth-order valence-corrected chi connectivity index (χ4v) is 2.54. The van der Waals surface area contributed by atoms with Gasteiger partial charge in [-0.3, -0.25) is 4.90 Å². The average Bonchev–Trinajstić information content (AvgIpc) is 2.11. The van der Waals surface area contributed by atoms with Gasteiger partial charge in [-0.2, -0.15) is 0 Å². The first-order valence-corrected chi connectivity index (χ1v) is 9.74. The van der Waals surface area contributed by atoms with E-state index in [0.29, 0.717) is 6.04 Å². The van der Waals surface area contributed by atoms with E-state index in [2.05, 4.69) is 24.5 Å². The Hall–Kier alpha value is 0.0969. The standard InChI is InChI=1S/C11H26N2OSi/c1-15(2,3)8-7-14-10-13-6-4-5-11(12)9-13/h11H,4-10,12H2,1-3H3/t11-/m0/s1. The second-order valence-electron chi connectivity index (χ2n) is 5.83. The van der Waals surface area contributed by atoms with Crippen molar-refractivity contribution in [2.75, 3.05) is 26.4 Å². The zero-order chi connectivity index (χ0) is 11.3. The van der Waals surface area contributed by atoms with E-state index in [1.807, 2.05) is 0 Å². The minimum absolute atomic E-state index is 0.361. The lowest BCUT2D eigenvalue weighted by molar-refractivity contribution is 0.0209. The molecule has 0 aromatic rings. The Kier molecular flexibility index (Phi) is 5.25. The third-order valence-corrected chi connectivity index (χ3v) is 4.52. The van der Waals surface area contributed by atoms with Crippen LogP contribution in [0.5, 0.6) is 0 Å². The molecule has 1 rings (SSSR count). The van der Waals surface area contributed by atoms with Crippen molar-refractivity contribution in [3.05, 3.63) is 0 Å². The fraction of sp³-hybridized carbons (Fsp3) is 1.00. The molecule has 0 aromatic carbocycles.